The summed E-state index contributed by atoms with van der Waals surface area (Å²) in [6, 6.07) is 13.4. The van der Waals surface area contributed by atoms with Crippen LogP contribution < -0.4 is 14.8 Å². The summed E-state index contributed by atoms with van der Waals surface area (Å²) < 4.78 is 11.0. The van der Waals surface area contributed by atoms with E-state index in [0.29, 0.717) is 25.5 Å². The Hall–Kier alpha value is -1.50. The minimum atomic E-state index is 0.0246. The van der Waals surface area contributed by atoms with Crippen molar-refractivity contribution in [2.24, 2.45) is 0 Å². The third-order valence-corrected chi connectivity index (χ3v) is 5.65. The van der Waals surface area contributed by atoms with Crippen LogP contribution in [0.15, 0.2) is 52.3 Å². The van der Waals surface area contributed by atoms with E-state index in [0.717, 1.165) is 32.1 Å². The van der Waals surface area contributed by atoms with Crippen molar-refractivity contribution in [3.63, 3.8) is 0 Å². The normalized spacial score (nSPS) is 12.7. The molecule has 1 N–H and O–H groups in total. The highest BCUT2D eigenvalue weighted by atomic mass is 35.5. The Labute approximate surface area is 160 Å². The van der Waals surface area contributed by atoms with Gasteiger partial charge in [0.25, 0.3) is 0 Å². The lowest BCUT2D eigenvalue weighted by atomic mass is 10.3. The van der Waals surface area contributed by atoms with Crippen LogP contribution in [-0.2, 0) is 4.79 Å². The van der Waals surface area contributed by atoms with Gasteiger partial charge in [-0.2, -0.15) is 0 Å². The average molecular weight is 396 g/mol. The maximum absolute atomic E-state index is 11.9. The molecular weight excluding hydrogens is 378 g/mol. The largest absolute Gasteiger partial charge is 0.486 e. The average Bonchev–Trinajstić information content (AvgIpc) is 2.65. The molecule has 1 amide bonds. The zero-order valence-corrected chi connectivity index (χ0v) is 15.9. The molecular formula is C18H18ClNO3S2. The van der Waals surface area contributed by atoms with E-state index in [-0.39, 0.29) is 5.91 Å². The van der Waals surface area contributed by atoms with Gasteiger partial charge in [0.15, 0.2) is 11.5 Å². The molecule has 0 saturated carbocycles. The second kappa shape index (κ2) is 9.27. The van der Waals surface area contributed by atoms with Crippen LogP contribution >= 0.6 is 35.1 Å². The molecule has 132 valence electrons. The first-order valence-electron chi connectivity index (χ1n) is 7.88. The molecule has 0 bridgehead atoms. The topological polar surface area (TPSA) is 47.6 Å². The number of ether oxygens (including phenoxy) is 2. The van der Waals surface area contributed by atoms with Gasteiger partial charge in [-0.15, -0.1) is 23.5 Å². The summed E-state index contributed by atoms with van der Waals surface area (Å²) in [5.74, 6) is 2.74. The number of halogens is 1. The molecule has 7 heteroatoms. The Morgan fingerprint density at radius 2 is 1.72 bits per heavy atom. The lowest BCUT2D eigenvalue weighted by molar-refractivity contribution is -0.118. The van der Waals surface area contributed by atoms with E-state index in [1.165, 1.54) is 11.8 Å². The van der Waals surface area contributed by atoms with E-state index >= 15 is 0 Å². The van der Waals surface area contributed by atoms with Gasteiger partial charge in [0.2, 0.25) is 5.91 Å². The number of carbonyl (C=O) groups is 1. The van der Waals surface area contributed by atoms with Crippen molar-refractivity contribution in [3.8, 4) is 11.5 Å². The zero-order chi connectivity index (χ0) is 17.5. The Morgan fingerprint density at radius 1 is 1.00 bits per heavy atom. The molecule has 2 aromatic rings. The third-order valence-electron chi connectivity index (χ3n) is 3.39. The highest BCUT2D eigenvalue weighted by Crippen LogP contribution is 2.34. The van der Waals surface area contributed by atoms with Crippen LogP contribution in [-0.4, -0.2) is 37.2 Å². The minimum Gasteiger partial charge on any atom is -0.486 e. The Kier molecular flexibility index (Phi) is 6.78. The first-order valence-corrected chi connectivity index (χ1v) is 10.2. The Bertz CT molecular complexity index is 725. The molecule has 0 spiro atoms. The van der Waals surface area contributed by atoms with Gasteiger partial charge < -0.3 is 14.8 Å². The quantitative estimate of drug-likeness (QED) is 0.564. The fourth-order valence-corrected chi connectivity index (χ4v) is 3.85. The maximum atomic E-state index is 11.9. The number of thioether (sulfide) groups is 2. The number of hydrogen-bond donors (Lipinski definition) is 1. The van der Waals surface area contributed by atoms with E-state index in [2.05, 4.69) is 5.32 Å². The van der Waals surface area contributed by atoms with Crippen molar-refractivity contribution in [3.05, 3.63) is 47.5 Å². The summed E-state index contributed by atoms with van der Waals surface area (Å²) in [5.41, 5.74) is 0. The van der Waals surface area contributed by atoms with Gasteiger partial charge in [0.1, 0.15) is 13.2 Å². The number of nitrogens with one attached hydrogen (secondary N) is 1. The van der Waals surface area contributed by atoms with Gasteiger partial charge in [-0.25, -0.2) is 0 Å². The summed E-state index contributed by atoms with van der Waals surface area (Å²) >= 11 is 9.03. The van der Waals surface area contributed by atoms with E-state index in [1.807, 2.05) is 42.5 Å². The number of carbonyl (C=O) groups excluding carboxylic acids is 1. The number of fused-ring (bicyclic) bond motifs is 1. The molecule has 1 aliphatic heterocycles. The predicted octanol–water partition coefficient (Wildman–Crippen LogP) is 4.11. The van der Waals surface area contributed by atoms with E-state index in [9.17, 15) is 4.79 Å². The van der Waals surface area contributed by atoms with Gasteiger partial charge in [-0.3, -0.25) is 4.79 Å². The fraction of sp³-hybridized carbons (Fsp3) is 0.278. The number of rotatable bonds is 7. The highest BCUT2D eigenvalue weighted by Gasteiger charge is 2.12. The van der Waals surface area contributed by atoms with Crippen LogP contribution in [0.3, 0.4) is 0 Å². The lowest BCUT2D eigenvalue weighted by Crippen LogP contribution is -2.27. The molecule has 0 radical (unpaired) electrons. The lowest BCUT2D eigenvalue weighted by Gasteiger charge is -2.18. The van der Waals surface area contributed by atoms with Crippen LogP contribution in [0.4, 0.5) is 0 Å². The number of hydrogen-bond acceptors (Lipinski definition) is 5. The second-order valence-corrected chi connectivity index (χ2v) is 7.90. The van der Waals surface area contributed by atoms with E-state index in [4.69, 9.17) is 21.1 Å². The number of amides is 1. The van der Waals surface area contributed by atoms with Crippen molar-refractivity contribution >= 4 is 41.0 Å². The summed E-state index contributed by atoms with van der Waals surface area (Å²) in [5, 5.41) is 3.66. The van der Waals surface area contributed by atoms with E-state index < -0.39 is 0 Å². The van der Waals surface area contributed by atoms with E-state index in [1.54, 1.807) is 11.8 Å². The van der Waals surface area contributed by atoms with Gasteiger partial charge >= 0.3 is 0 Å². The van der Waals surface area contributed by atoms with Gasteiger partial charge in [-0.1, -0.05) is 11.6 Å². The highest BCUT2D eigenvalue weighted by molar-refractivity contribution is 8.00. The summed E-state index contributed by atoms with van der Waals surface area (Å²) in [7, 11) is 0. The van der Waals surface area contributed by atoms with Crippen molar-refractivity contribution < 1.29 is 14.3 Å². The van der Waals surface area contributed by atoms with Crippen molar-refractivity contribution in [2.75, 3.05) is 31.3 Å². The fourth-order valence-electron chi connectivity index (χ4n) is 2.20. The van der Waals surface area contributed by atoms with Crippen molar-refractivity contribution in [2.45, 2.75) is 9.79 Å². The van der Waals surface area contributed by atoms with Crippen molar-refractivity contribution in [1.82, 2.24) is 5.32 Å². The summed E-state index contributed by atoms with van der Waals surface area (Å²) in [6.07, 6.45) is 0. The molecule has 0 atom stereocenters. The second-order valence-electron chi connectivity index (χ2n) is 5.25. The minimum absolute atomic E-state index is 0.0246. The molecule has 3 rings (SSSR count). The molecule has 0 unspecified atom stereocenters. The molecule has 25 heavy (non-hydrogen) atoms. The maximum Gasteiger partial charge on any atom is 0.230 e. The molecule has 0 aliphatic carbocycles. The van der Waals surface area contributed by atoms with Crippen LogP contribution in [0, 0.1) is 0 Å². The van der Waals surface area contributed by atoms with Gasteiger partial charge in [-0.05, 0) is 42.5 Å². The van der Waals surface area contributed by atoms with Crippen LogP contribution in [0.5, 0.6) is 11.5 Å². The summed E-state index contributed by atoms with van der Waals surface area (Å²) in [6.45, 7) is 1.77. The Balaban J connectivity index is 1.36. The Morgan fingerprint density at radius 3 is 2.52 bits per heavy atom. The number of benzene rings is 2. The first-order chi connectivity index (χ1) is 12.2. The van der Waals surface area contributed by atoms with Gasteiger partial charge in [0, 0.05) is 27.1 Å². The molecule has 0 fully saturated rings. The molecule has 0 aromatic heterocycles. The molecule has 4 nitrogen and oxygen atoms in total. The van der Waals surface area contributed by atoms with Crippen molar-refractivity contribution in [1.29, 1.82) is 0 Å². The monoisotopic (exact) mass is 395 g/mol. The first kappa shape index (κ1) is 18.3. The molecule has 1 heterocycles. The predicted molar refractivity (Wildman–Crippen MR) is 103 cm³/mol. The van der Waals surface area contributed by atoms with Crippen LogP contribution in [0.25, 0.3) is 0 Å². The molecule has 2 aromatic carbocycles. The molecule has 0 saturated heterocycles. The smallest absolute Gasteiger partial charge is 0.230 e. The summed E-state index contributed by atoms with van der Waals surface area (Å²) in [4.78, 5) is 14.1. The standard InChI is InChI=1S/C18H18ClNO3S2/c19-13-1-3-14(4-2-13)24-10-7-20-18(21)12-25-15-5-6-16-17(11-15)23-9-8-22-16/h1-6,11H,7-10,12H2,(H,20,21). The molecule has 1 aliphatic rings. The zero-order valence-electron chi connectivity index (χ0n) is 13.5. The van der Waals surface area contributed by atoms with Gasteiger partial charge in [0.05, 0.1) is 5.75 Å². The third kappa shape index (κ3) is 5.76. The SMILES string of the molecule is O=C(CSc1ccc2c(c1)OCCO2)NCCSc1ccc(Cl)cc1. The van der Waals surface area contributed by atoms with Crippen LogP contribution in [0.2, 0.25) is 5.02 Å². The van der Waals surface area contributed by atoms with Crippen LogP contribution in [0.1, 0.15) is 0 Å².